The van der Waals surface area contributed by atoms with E-state index in [2.05, 4.69) is 72.8 Å². The van der Waals surface area contributed by atoms with Crippen molar-refractivity contribution < 1.29 is 4.79 Å². The lowest BCUT2D eigenvalue weighted by atomic mass is 9.78. The van der Waals surface area contributed by atoms with Crippen molar-refractivity contribution in [2.75, 3.05) is 4.90 Å². The van der Waals surface area contributed by atoms with Gasteiger partial charge in [0.05, 0.1) is 12.0 Å². The molecule has 1 aliphatic heterocycles. The van der Waals surface area contributed by atoms with Gasteiger partial charge in [0.1, 0.15) is 0 Å². The van der Waals surface area contributed by atoms with Crippen LogP contribution in [0.3, 0.4) is 0 Å². The van der Waals surface area contributed by atoms with Gasteiger partial charge in [-0.3, -0.25) is 9.69 Å². The van der Waals surface area contributed by atoms with E-state index in [0.29, 0.717) is 0 Å². The third-order valence-electron chi connectivity index (χ3n) is 6.63. The Kier molecular flexibility index (Phi) is 4.77. The first-order valence-electron chi connectivity index (χ1n) is 11.3. The predicted molar refractivity (Wildman–Crippen MR) is 134 cm³/mol. The smallest absolute Gasteiger partial charge is 0.239 e. The number of para-hydroxylation sites is 1. The minimum Gasteiger partial charge on any atom is -0.300 e. The lowest BCUT2D eigenvalue weighted by molar-refractivity contribution is -0.120. The van der Waals surface area contributed by atoms with Crippen LogP contribution in [-0.4, -0.2) is 5.91 Å². The summed E-state index contributed by atoms with van der Waals surface area (Å²) >= 11 is 0. The highest BCUT2D eigenvalue weighted by molar-refractivity contribution is 6.04. The van der Waals surface area contributed by atoms with Crippen LogP contribution in [0, 0.1) is 0 Å². The summed E-state index contributed by atoms with van der Waals surface area (Å²) in [6, 6.07) is 43.2. The molecule has 0 unspecified atom stereocenters. The Morgan fingerprint density at radius 3 is 1.88 bits per heavy atom. The van der Waals surface area contributed by atoms with Gasteiger partial charge in [-0.05, 0) is 45.2 Å². The van der Waals surface area contributed by atoms with Crippen LogP contribution < -0.4 is 4.90 Å². The number of carbonyl (C=O) groups is 1. The molecular formula is C31H23NO. The maximum absolute atomic E-state index is 14.3. The molecule has 2 atom stereocenters. The van der Waals surface area contributed by atoms with Crippen LogP contribution in [-0.2, 0) is 4.79 Å². The van der Waals surface area contributed by atoms with Gasteiger partial charge in [0, 0.05) is 5.69 Å². The monoisotopic (exact) mass is 425 g/mol. The quantitative estimate of drug-likeness (QED) is 0.302. The maximum Gasteiger partial charge on any atom is 0.239 e. The van der Waals surface area contributed by atoms with Crippen LogP contribution in [0.15, 0.2) is 127 Å². The normalized spacial score (nSPS) is 17.7. The van der Waals surface area contributed by atoms with Crippen molar-refractivity contribution in [1.82, 2.24) is 0 Å². The molecule has 0 saturated heterocycles. The first kappa shape index (κ1) is 19.5. The number of carbonyl (C=O) groups excluding carboxylic acids is 1. The van der Waals surface area contributed by atoms with Crippen molar-refractivity contribution in [3.8, 4) is 0 Å². The molecule has 5 aromatic rings. The number of hydrogen-bond acceptors (Lipinski definition) is 1. The molecule has 5 aromatic carbocycles. The molecule has 1 aliphatic rings. The third kappa shape index (κ3) is 3.23. The van der Waals surface area contributed by atoms with E-state index in [1.807, 2.05) is 59.5 Å². The number of benzene rings is 5. The Labute approximate surface area is 193 Å². The second kappa shape index (κ2) is 8.07. The fourth-order valence-electron chi connectivity index (χ4n) is 5.19. The van der Waals surface area contributed by atoms with E-state index >= 15 is 0 Å². The molecule has 33 heavy (non-hydrogen) atoms. The van der Waals surface area contributed by atoms with E-state index < -0.39 is 0 Å². The number of hydrogen-bond donors (Lipinski definition) is 0. The van der Waals surface area contributed by atoms with Crippen molar-refractivity contribution in [1.29, 1.82) is 0 Å². The summed E-state index contributed by atoms with van der Waals surface area (Å²) in [5.74, 6) is -0.238. The zero-order valence-electron chi connectivity index (χ0n) is 18.1. The van der Waals surface area contributed by atoms with Gasteiger partial charge in [-0.25, -0.2) is 0 Å². The Bertz CT molecular complexity index is 1440. The number of rotatable bonds is 3. The zero-order chi connectivity index (χ0) is 22.2. The summed E-state index contributed by atoms with van der Waals surface area (Å²) in [6.45, 7) is 0. The predicted octanol–water partition coefficient (Wildman–Crippen LogP) is 7.11. The van der Waals surface area contributed by atoms with Crippen molar-refractivity contribution in [2.45, 2.75) is 12.0 Å². The van der Waals surface area contributed by atoms with Gasteiger partial charge in [0.2, 0.25) is 5.91 Å². The lowest BCUT2D eigenvalue weighted by Gasteiger charge is -2.41. The number of anilines is 1. The van der Waals surface area contributed by atoms with Gasteiger partial charge in [0.25, 0.3) is 0 Å². The Morgan fingerprint density at radius 1 is 0.515 bits per heavy atom. The van der Waals surface area contributed by atoms with Crippen molar-refractivity contribution in [3.63, 3.8) is 0 Å². The Morgan fingerprint density at radius 2 is 1.09 bits per heavy atom. The second-order valence-electron chi connectivity index (χ2n) is 8.49. The van der Waals surface area contributed by atoms with Crippen LogP contribution in [0.25, 0.3) is 10.8 Å². The summed E-state index contributed by atoms with van der Waals surface area (Å²) in [5, 5.41) is 2.35. The summed E-state index contributed by atoms with van der Waals surface area (Å²) in [4.78, 5) is 16.3. The van der Waals surface area contributed by atoms with Gasteiger partial charge in [-0.15, -0.1) is 0 Å². The molecule has 1 amide bonds. The van der Waals surface area contributed by atoms with E-state index in [1.54, 1.807) is 0 Å². The summed E-state index contributed by atoms with van der Waals surface area (Å²) in [6.07, 6.45) is 0. The minimum absolute atomic E-state index is 0.101. The van der Waals surface area contributed by atoms with E-state index in [-0.39, 0.29) is 17.9 Å². The minimum atomic E-state index is -0.339. The molecule has 158 valence electrons. The van der Waals surface area contributed by atoms with Crippen LogP contribution >= 0.6 is 0 Å². The fourth-order valence-corrected chi connectivity index (χ4v) is 5.19. The molecule has 2 heteroatoms. The third-order valence-corrected chi connectivity index (χ3v) is 6.63. The molecular weight excluding hydrogens is 402 g/mol. The molecule has 0 fully saturated rings. The first-order chi connectivity index (χ1) is 16.3. The van der Waals surface area contributed by atoms with Crippen LogP contribution in [0.5, 0.6) is 0 Å². The second-order valence-corrected chi connectivity index (χ2v) is 8.49. The molecule has 0 radical (unpaired) electrons. The van der Waals surface area contributed by atoms with Crippen LogP contribution in [0.1, 0.15) is 34.2 Å². The zero-order valence-corrected chi connectivity index (χ0v) is 18.1. The molecule has 0 N–H and O–H groups in total. The van der Waals surface area contributed by atoms with E-state index in [9.17, 15) is 4.79 Å². The summed E-state index contributed by atoms with van der Waals surface area (Å²) < 4.78 is 0. The number of amides is 1. The van der Waals surface area contributed by atoms with Crippen molar-refractivity contribution >= 4 is 22.4 Å². The van der Waals surface area contributed by atoms with Crippen LogP contribution in [0.2, 0.25) is 0 Å². The number of nitrogens with zero attached hydrogens (tertiary/aromatic N) is 1. The molecule has 6 rings (SSSR count). The van der Waals surface area contributed by atoms with E-state index in [0.717, 1.165) is 22.4 Å². The average molecular weight is 426 g/mol. The van der Waals surface area contributed by atoms with Crippen molar-refractivity contribution in [3.05, 3.63) is 150 Å². The van der Waals surface area contributed by atoms with Gasteiger partial charge >= 0.3 is 0 Å². The average Bonchev–Trinajstić information content (AvgIpc) is 2.89. The Balaban J connectivity index is 1.66. The molecule has 0 spiro atoms. The highest BCUT2D eigenvalue weighted by atomic mass is 16.2. The van der Waals surface area contributed by atoms with E-state index in [4.69, 9.17) is 0 Å². The van der Waals surface area contributed by atoms with Crippen molar-refractivity contribution in [2.24, 2.45) is 0 Å². The lowest BCUT2D eigenvalue weighted by Crippen LogP contribution is -2.44. The molecule has 0 saturated carbocycles. The Hall–Kier alpha value is -4.17. The summed E-state index contributed by atoms with van der Waals surface area (Å²) in [5.41, 5.74) is 5.33. The highest BCUT2D eigenvalue weighted by Crippen LogP contribution is 2.46. The van der Waals surface area contributed by atoms with Gasteiger partial charge in [-0.2, -0.15) is 0 Å². The summed E-state index contributed by atoms with van der Waals surface area (Å²) in [7, 11) is 0. The largest absolute Gasteiger partial charge is 0.300 e. The standard InChI is InChI=1S/C31H23NO/c33-31-29(23-13-3-1-4-14-23)26-19-9-10-20-28(26)30(32(31)24-16-5-2-6-17-24)27-21-11-15-22-12-7-8-18-25(22)27/h1-21,29-30H/t29-,30-/m1/s1. The number of fused-ring (bicyclic) bond motifs is 2. The fraction of sp³-hybridized carbons (Fsp3) is 0.0645. The van der Waals surface area contributed by atoms with Gasteiger partial charge in [-0.1, -0.05) is 115 Å². The van der Waals surface area contributed by atoms with E-state index in [1.165, 1.54) is 16.3 Å². The maximum atomic E-state index is 14.3. The van der Waals surface area contributed by atoms with Gasteiger partial charge < -0.3 is 0 Å². The topological polar surface area (TPSA) is 20.3 Å². The van der Waals surface area contributed by atoms with Crippen LogP contribution in [0.4, 0.5) is 5.69 Å². The highest BCUT2D eigenvalue weighted by Gasteiger charge is 2.41. The molecule has 0 aliphatic carbocycles. The van der Waals surface area contributed by atoms with Gasteiger partial charge in [0.15, 0.2) is 0 Å². The molecule has 0 aromatic heterocycles. The molecule has 2 nitrogen and oxygen atoms in total. The SMILES string of the molecule is O=C1[C@H](c2ccccc2)c2ccccc2[C@@H](c2cccc3ccccc23)N1c1ccccc1. The molecule has 1 heterocycles. The molecule has 0 bridgehead atoms. The first-order valence-corrected chi connectivity index (χ1v) is 11.3.